The summed E-state index contributed by atoms with van der Waals surface area (Å²) in [5, 5.41) is 2.62. The van der Waals surface area contributed by atoms with E-state index in [-0.39, 0.29) is 11.8 Å². The van der Waals surface area contributed by atoms with Gasteiger partial charge in [0.15, 0.2) is 0 Å². The van der Waals surface area contributed by atoms with Crippen LogP contribution in [0.15, 0.2) is 34.1 Å². The summed E-state index contributed by atoms with van der Waals surface area (Å²) in [6.07, 6.45) is 3.09. The summed E-state index contributed by atoms with van der Waals surface area (Å²) in [5.74, 6) is -0.0864. The van der Waals surface area contributed by atoms with E-state index in [0.29, 0.717) is 30.8 Å². The quantitative estimate of drug-likeness (QED) is 0.852. The number of nitrogens with zero attached hydrogens (tertiary/aromatic N) is 1. The third-order valence-electron chi connectivity index (χ3n) is 3.77. The minimum absolute atomic E-state index is 0.00336. The van der Waals surface area contributed by atoms with Gasteiger partial charge in [-0.1, -0.05) is 0 Å². The van der Waals surface area contributed by atoms with Crippen molar-refractivity contribution in [3.05, 3.63) is 24.3 Å². The Morgan fingerprint density at radius 2 is 1.81 bits per heavy atom. The molecule has 1 heterocycles. The number of benzene rings is 1. The van der Waals surface area contributed by atoms with Crippen molar-refractivity contribution in [2.75, 3.05) is 26.4 Å². The van der Waals surface area contributed by atoms with Gasteiger partial charge in [0, 0.05) is 31.0 Å². The highest BCUT2D eigenvalue weighted by atomic mass is 32.2. The average molecular weight is 328 g/mol. The highest BCUT2D eigenvalue weighted by molar-refractivity contribution is 7.98. The van der Waals surface area contributed by atoms with Crippen molar-refractivity contribution in [3.63, 3.8) is 0 Å². The molecule has 2 rings (SSSR count). The number of carbonyl (C=O) groups excluding carboxylic acids is 1. The van der Waals surface area contributed by atoms with Gasteiger partial charge in [-0.3, -0.25) is 4.79 Å². The Morgan fingerprint density at radius 3 is 2.29 bits per heavy atom. The SMILES string of the molecule is CNC(=O)C1CCN(S(=O)(=O)c2ccc(SC)cc2)CC1. The molecular weight excluding hydrogens is 308 g/mol. The maximum absolute atomic E-state index is 12.6. The van der Waals surface area contributed by atoms with Crippen LogP contribution in [0.2, 0.25) is 0 Å². The van der Waals surface area contributed by atoms with Crippen LogP contribution in [0.25, 0.3) is 0 Å². The van der Waals surface area contributed by atoms with Crippen molar-refractivity contribution in [1.82, 2.24) is 9.62 Å². The first-order valence-electron chi connectivity index (χ1n) is 6.85. The standard InChI is InChI=1S/C14H20N2O3S2/c1-15-14(17)11-7-9-16(10-8-11)21(18,19)13-5-3-12(20-2)4-6-13/h3-6,11H,7-10H2,1-2H3,(H,15,17). The van der Waals surface area contributed by atoms with Crippen LogP contribution in [-0.2, 0) is 14.8 Å². The first-order valence-corrected chi connectivity index (χ1v) is 9.51. The van der Waals surface area contributed by atoms with E-state index >= 15 is 0 Å². The lowest BCUT2D eigenvalue weighted by molar-refractivity contribution is -0.125. The van der Waals surface area contributed by atoms with E-state index in [2.05, 4.69) is 5.32 Å². The molecule has 1 fully saturated rings. The first-order chi connectivity index (χ1) is 9.98. The van der Waals surface area contributed by atoms with Crippen molar-refractivity contribution in [1.29, 1.82) is 0 Å². The first kappa shape index (κ1) is 16.3. The molecule has 1 N–H and O–H groups in total. The molecule has 1 amide bonds. The van der Waals surface area contributed by atoms with Crippen LogP contribution in [0.3, 0.4) is 0 Å². The summed E-state index contributed by atoms with van der Waals surface area (Å²) in [7, 11) is -1.84. The molecule has 0 bridgehead atoms. The third-order valence-corrected chi connectivity index (χ3v) is 6.42. The van der Waals surface area contributed by atoms with Crippen LogP contribution in [0.4, 0.5) is 0 Å². The second-order valence-electron chi connectivity index (χ2n) is 4.97. The van der Waals surface area contributed by atoms with Crippen LogP contribution in [0, 0.1) is 5.92 Å². The molecule has 0 aromatic heterocycles. The lowest BCUT2D eigenvalue weighted by atomic mass is 9.97. The zero-order chi connectivity index (χ0) is 15.5. The van der Waals surface area contributed by atoms with Gasteiger partial charge >= 0.3 is 0 Å². The van der Waals surface area contributed by atoms with E-state index < -0.39 is 10.0 Å². The number of hydrogen-bond acceptors (Lipinski definition) is 4. The normalized spacial score (nSPS) is 17.6. The Labute approximate surface area is 130 Å². The molecule has 0 spiro atoms. The van der Waals surface area contributed by atoms with Crippen molar-refractivity contribution in [3.8, 4) is 0 Å². The monoisotopic (exact) mass is 328 g/mol. The molecule has 7 heteroatoms. The van der Waals surface area contributed by atoms with Gasteiger partial charge in [-0.2, -0.15) is 4.31 Å². The minimum atomic E-state index is -3.45. The Bertz CT molecular complexity index is 591. The van der Waals surface area contributed by atoms with E-state index in [1.807, 2.05) is 18.4 Å². The lowest BCUT2D eigenvalue weighted by Crippen LogP contribution is -2.42. The fourth-order valence-electron chi connectivity index (χ4n) is 2.46. The third kappa shape index (κ3) is 3.59. The maximum Gasteiger partial charge on any atom is 0.243 e. The smallest absolute Gasteiger partial charge is 0.243 e. The predicted molar refractivity (Wildman–Crippen MR) is 83.8 cm³/mol. The van der Waals surface area contributed by atoms with Crippen LogP contribution in [0.1, 0.15) is 12.8 Å². The Hall–Kier alpha value is -1.05. The summed E-state index contributed by atoms with van der Waals surface area (Å²) in [4.78, 5) is 12.9. The summed E-state index contributed by atoms with van der Waals surface area (Å²) in [5.41, 5.74) is 0. The minimum Gasteiger partial charge on any atom is -0.359 e. The molecule has 1 aromatic carbocycles. The van der Waals surface area contributed by atoms with E-state index in [1.54, 1.807) is 30.9 Å². The molecule has 116 valence electrons. The van der Waals surface area contributed by atoms with Gasteiger partial charge in [-0.05, 0) is 43.4 Å². The molecule has 0 saturated carbocycles. The van der Waals surface area contributed by atoms with E-state index in [0.717, 1.165) is 4.90 Å². The number of nitrogens with one attached hydrogen (secondary N) is 1. The van der Waals surface area contributed by atoms with Crippen LogP contribution in [-0.4, -0.2) is 45.0 Å². The number of sulfonamides is 1. The zero-order valence-electron chi connectivity index (χ0n) is 12.2. The van der Waals surface area contributed by atoms with Gasteiger partial charge in [0.2, 0.25) is 15.9 Å². The summed E-state index contributed by atoms with van der Waals surface area (Å²) in [6.45, 7) is 0.787. The molecule has 1 aliphatic heterocycles. The van der Waals surface area contributed by atoms with E-state index in [9.17, 15) is 13.2 Å². The fraction of sp³-hybridized carbons (Fsp3) is 0.500. The molecule has 0 atom stereocenters. The average Bonchev–Trinajstić information content (AvgIpc) is 2.54. The Kier molecular flexibility index (Phi) is 5.29. The number of carbonyl (C=O) groups is 1. The Morgan fingerprint density at radius 1 is 1.24 bits per heavy atom. The topological polar surface area (TPSA) is 66.5 Å². The van der Waals surface area contributed by atoms with Gasteiger partial charge < -0.3 is 5.32 Å². The number of hydrogen-bond donors (Lipinski definition) is 1. The van der Waals surface area contributed by atoms with E-state index in [4.69, 9.17) is 0 Å². The number of amides is 1. The lowest BCUT2D eigenvalue weighted by Gasteiger charge is -2.30. The number of rotatable bonds is 4. The molecule has 1 aromatic rings. The molecule has 1 saturated heterocycles. The van der Waals surface area contributed by atoms with Gasteiger partial charge in [0.05, 0.1) is 4.90 Å². The largest absolute Gasteiger partial charge is 0.359 e. The van der Waals surface area contributed by atoms with Crippen molar-refractivity contribution >= 4 is 27.7 Å². The summed E-state index contributed by atoms with van der Waals surface area (Å²) in [6, 6.07) is 6.92. The highest BCUT2D eigenvalue weighted by Gasteiger charge is 2.31. The van der Waals surface area contributed by atoms with Crippen LogP contribution in [0.5, 0.6) is 0 Å². The second-order valence-corrected chi connectivity index (χ2v) is 7.79. The van der Waals surface area contributed by atoms with Gasteiger partial charge in [-0.25, -0.2) is 8.42 Å². The molecule has 5 nitrogen and oxygen atoms in total. The van der Waals surface area contributed by atoms with Gasteiger partial charge in [-0.15, -0.1) is 11.8 Å². The number of piperidine rings is 1. The molecule has 0 unspecified atom stereocenters. The predicted octanol–water partition coefficient (Wildman–Crippen LogP) is 1.56. The van der Waals surface area contributed by atoms with Crippen molar-refractivity contribution in [2.45, 2.75) is 22.6 Å². The summed E-state index contributed by atoms with van der Waals surface area (Å²) < 4.78 is 26.6. The molecule has 21 heavy (non-hydrogen) atoms. The molecule has 1 aliphatic rings. The Balaban J connectivity index is 2.09. The van der Waals surface area contributed by atoms with Crippen molar-refractivity contribution in [2.24, 2.45) is 5.92 Å². The summed E-state index contributed by atoms with van der Waals surface area (Å²) >= 11 is 1.58. The molecule has 0 aliphatic carbocycles. The van der Waals surface area contributed by atoms with E-state index in [1.165, 1.54) is 4.31 Å². The van der Waals surface area contributed by atoms with Crippen LogP contribution < -0.4 is 5.32 Å². The maximum atomic E-state index is 12.6. The number of thioether (sulfide) groups is 1. The highest BCUT2D eigenvalue weighted by Crippen LogP contribution is 2.25. The van der Waals surface area contributed by atoms with Crippen molar-refractivity contribution < 1.29 is 13.2 Å². The molecule has 0 radical (unpaired) electrons. The zero-order valence-corrected chi connectivity index (χ0v) is 13.8. The molecular formula is C14H20N2O3S2. The van der Waals surface area contributed by atoms with Gasteiger partial charge in [0.25, 0.3) is 0 Å². The van der Waals surface area contributed by atoms with Gasteiger partial charge in [0.1, 0.15) is 0 Å². The fourth-order valence-corrected chi connectivity index (χ4v) is 4.34. The second kappa shape index (κ2) is 6.81. The van der Waals surface area contributed by atoms with Crippen LogP contribution >= 0.6 is 11.8 Å².